The summed E-state index contributed by atoms with van der Waals surface area (Å²) < 4.78 is 2.00. The fraction of sp³-hybridized carbons (Fsp3) is 0.100. The van der Waals surface area contributed by atoms with Crippen LogP contribution in [0.3, 0.4) is 0 Å². The van der Waals surface area contributed by atoms with Crippen LogP contribution >= 0.6 is 35.0 Å². The topological polar surface area (TPSA) is 42.3 Å². The number of imide groups is 1. The van der Waals surface area contributed by atoms with Crippen LogP contribution in [0.5, 0.6) is 0 Å². The zero-order valence-corrected chi connectivity index (χ0v) is 16.6. The molecule has 0 aliphatic carbocycles. The highest BCUT2D eigenvalue weighted by Crippen LogP contribution is 2.35. The Kier molecular flexibility index (Phi) is 4.76. The van der Waals surface area contributed by atoms with E-state index in [1.807, 2.05) is 42.1 Å². The number of aromatic nitrogens is 1. The third-order valence-electron chi connectivity index (χ3n) is 4.43. The number of carbonyl (C=O) groups excluding carboxylic acids is 2. The van der Waals surface area contributed by atoms with Crippen molar-refractivity contribution in [3.05, 3.63) is 74.7 Å². The minimum atomic E-state index is -0.316. The highest BCUT2D eigenvalue weighted by atomic mass is 35.5. The van der Waals surface area contributed by atoms with Gasteiger partial charge < -0.3 is 4.57 Å². The number of thioether (sulfide) groups is 1. The Hall–Kier alpha value is -2.21. The number of halogens is 2. The van der Waals surface area contributed by atoms with Crippen LogP contribution < -0.4 is 0 Å². The Labute approximate surface area is 170 Å². The smallest absolute Gasteiger partial charge is 0.293 e. The molecular weight excluding hydrogens is 403 g/mol. The Morgan fingerprint density at radius 2 is 1.89 bits per heavy atom. The lowest BCUT2D eigenvalue weighted by molar-refractivity contribution is -0.123. The van der Waals surface area contributed by atoms with Crippen molar-refractivity contribution in [3.8, 4) is 0 Å². The molecule has 2 heterocycles. The van der Waals surface area contributed by atoms with Crippen LogP contribution in [0.15, 0.2) is 53.6 Å². The van der Waals surface area contributed by atoms with E-state index < -0.39 is 0 Å². The Bertz CT molecular complexity index is 1120. The van der Waals surface area contributed by atoms with Crippen LogP contribution in [-0.2, 0) is 18.4 Å². The summed E-state index contributed by atoms with van der Waals surface area (Å²) >= 11 is 13.0. The fourth-order valence-corrected chi connectivity index (χ4v) is 4.38. The van der Waals surface area contributed by atoms with Crippen molar-refractivity contribution in [2.75, 3.05) is 0 Å². The third-order valence-corrected chi connectivity index (χ3v) is 5.93. The van der Waals surface area contributed by atoms with E-state index in [9.17, 15) is 9.59 Å². The first-order valence-corrected chi connectivity index (χ1v) is 9.74. The number of para-hydroxylation sites is 1. The predicted molar refractivity (Wildman–Crippen MR) is 111 cm³/mol. The first-order valence-electron chi connectivity index (χ1n) is 8.17. The lowest BCUT2D eigenvalue weighted by Crippen LogP contribution is -2.27. The van der Waals surface area contributed by atoms with Gasteiger partial charge in [0.2, 0.25) is 0 Å². The third kappa shape index (κ3) is 3.38. The summed E-state index contributed by atoms with van der Waals surface area (Å²) in [4.78, 5) is 26.8. The first-order chi connectivity index (χ1) is 12.9. The van der Waals surface area contributed by atoms with Crippen molar-refractivity contribution in [1.82, 2.24) is 9.47 Å². The van der Waals surface area contributed by atoms with E-state index >= 15 is 0 Å². The number of aryl methyl sites for hydroxylation is 1. The molecule has 2 amide bonds. The lowest BCUT2D eigenvalue weighted by atomic mass is 10.1. The standard InChI is InChI=1S/C20H14Cl2N2O2S/c1-23-10-13(15-4-2-3-5-17(15)23)8-18-19(25)24(20(26)27-18)11-12-6-7-14(21)9-16(12)22/h2-10H,11H2,1H3/b18-8-. The monoisotopic (exact) mass is 416 g/mol. The van der Waals surface area contributed by atoms with Crippen molar-refractivity contribution in [2.24, 2.45) is 7.05 Å². The predicted octanol–water partition coefficient (Wildman–Crippen LogP) is 5.72. The van der Waals surface area contributed by atoms with Gasteiger partial charge in [0.05, 0.1) is 11.4 Å². The van der Waals surface area contributed by atoms with Crippen LogP contribution in [0.1, 0.15) is 11.1 Å². The molecule has 1 aliphatic heterocycles. The Morgan fingerprint density at radius 1 is 1.11 bits per heavy atom. The van der Waals surface area contributed by atoms with Crippen molar-refractivity contribution in [1.29, 1.82) is 0 Å². The average Bonchev–Trinajstić information content (AvgIpc) is 3.09. The Morgan fingerprint density at radius 3 is 2.67 bits per heavy atom. The molecule has 1 saturated heterocycles. The number of hydrogen-bond donors (Lipinski definition) is 0. The van der Waals surface area contributed by atoms with Gasteiger partial charge in [0, 0.05) is 39.8 Å². The van der Waals surface area contributed by atoms with Gasteiger partial charge in [-0.1, -0.05) is 47.5 Å². The van der Waals surface area contributed by atoms with Gasteiger partial charge in [0.25, 0.3) is 11.1 Å². The minimum absolute atomic E-state index is 0.119. The molecule has 0 bridgehead atoms. The van der Waals surface area contributed by atoms with Crippen molar-refractivity contribution >= 4 is 63.1 Å². The number of benzene rings is 2. The molecule has 7 heteroatoms. The van der Waals surface area contributed by atoms with Crippen LogP contribution in [0.2, 0.25) is 10.0 Å². The SMILES string of the molecule is Cn1cc(/C=C2\SC(=O)N(Cc3ccc(Cl)cc3Cl)C2=O)c2ccccc21. The summed E-state index contributed by atoms with van der Waals surface area (Å²) in [5.41, 5.74) is 2.65. The second-order valence-corrected chi connectivity index (χ2v) is 8.05. The molecule has 1 fully saturated rings. The zero-order chi connectivity index (χ0) is 19.1. The maximum Gasteiger partial charge on any atom is 0.293 e. The summed E-state index contributed by atoms with van der Waals surface area (Å²) in [7, 11) is 1.95. The molecule has 0 atom stereocenters. The number of carbonyl (C=O) groups is 2. The summed E-state index contributed by atoms with van der Waals surface area (Å²) in [5.74, 6) is -0.316. The quantitative estimate of drug-likeness (QED) is 0.512. The van der Waals surface area contributed by atoms with Gasteiger partial charge in [-0.15, -0.1) is 0 Å². The molecule has 0 unspecified atom stereocenters. The van der Waals surface area contributed by atoms with Crippen LogP contribution in [0, 0.1) is 0 Å². The van der Waals surface area contributed by atoms with Gasteiger partial charge in [-0.2, -0.15) is 0 Å². The molecule has 2 aromatic carbocycles. The lowest BCUT2D eigenvalue weighted by Gasteiger charge is -2.13. The minimum Gasteiger partial charge on any atom is -0.350 e. The molecule has 136 valence electrons. The first kappa shape index (κ1) is 18.2. The fourth-order valence-electron chi connectivity index (χ4n) is 3.09. The van der Waals surface area contributed by atoms with Gasteiger partial charge in [-0.3, -0.25) is 14.5 Å². The highest BCUT2D eigenvalue weighted by Gasteiger charge is 2.35. The molecule has 0 saturated carbocycles. The van der Waals surface area contributed by atoms with E-state index in [0.717, 1.165) is 28.2 Å². The second-order valence-electron chi connectivity index (χ2n) is 6.22. The molecule has 0 radical (unpaired) electrons. The van der Waals surface area contributed by atoms with E-state index in [4.69, 9.17) is 23.2 Å². The van der Waals surface area contributed by atoms with Crippen LogP contribution in [0.25, 0.3) is 17.0 Å². The van der Waals surface area contributed by atoms with E-state index in [-0.39, 0.29) is 17.7 Å². The number of hydrogen-bond acceptors (Lipinski definition) is 3. The van der Waals surface area contributed by atoms with E-state index in [1.165, 1.54) is 4.90 Å². The van der Waals surface area contributed by atoms with Crippen LogP contribution in [0.4, 0.5) is 4.79 Å². The molecule has 0 N–H and O–H groups in total. The molecule has 1 aliphatic rings. The highest BCUT2D eigenvalue weighted by molar-refractivity contribution is 8.18. The van der Waals surface area contributed by atoms with Gasteiger partial charge in [0.15, 0.2) is 0 Å². The second kappa shape index (κ2) is 7.08. The van der Waals surface area contributed by atoms with Crippen molar-refractivity contribution < 1.29 is 9.59 Å². The molecule has 1 aromatic heterocycles. The van der Waals surface area contributed by atoms with Gasteiger partial charge >= 0.3 is 0 Å². The normalized spacial score (nSPS) is 16.1. The number of nitrogens with zero attached hydrogens (tertiary/aromatic N) is 2. The van der Waals surface area contributed by atoms with Crippen LogP contribution in [-0.4, -0.2) is 20.6 Å². The number of fused-ring (bicyclic) bond motifs is 1. The maximum absolute atomic E-state index is 12.8. The van der Waals surface area contributed by atoms with Gasteiger partial charge in [-0.05, 0) is 41.6 Å². The largest absolute Gasteiger partial charge is 0.350 e. The molecule has 27 heavy (non-hydrogen) atoms. The summed E-state index contributed by atoms with van der Waals surface area (Å²) in [5, 5.41) is 1.67. The van der Waals surface area contributed by atoms with Gasteiger partial charge in [0.1, 0.15) is 0 Å². The molecule has 4 rings (SSSR count). The zero-order valence-electron chi connectivity index (χ0n) is 14.3. The molecule has 4 nitrogen and oxygen atoms in total. The number of rotatable bonds is 3. The number of amides is 2. The Balaban J connectivity index is 1.65. The van der Waals surface area contributed by atoms with Crippen molar-refractivity contribution in [3.63, 3.8) is 0 Å². The average molecular weight is 417 g/mol. The van der Waals surface area contributed by atoms with E-state index in [2.05, 4.69) is 0 Å². The maximum atomic E-state index is 12.8. The summed E-state index contributed by atoms with van der Waals surface area (Å²) in [6.45, 7) is 0.119. The van der Waals surface area contributed by atoms with Gasteiger partial charge in [-0.25, -0.2) is 0 Å². The van der Waals surface area contributed by atoms with Crippen molar-refractivity contribution in [2.45, 2.75) is 6.54 Å². The summed E-state index contributed by atoms with van der Waals surface area (Å²) in [6, 6.07) is 12.9. The molecular formula is C20H14Cl2N2O2S. The summed E-state index contributed by atoms with van der Waals surface area (Å²) in [6.07, 6.45) is 3.73. The van der Waals surface area contributed by atoms with E-state index in [0.29, 0.717) is 20.5 Å². The molecule has 0 spiro atoms. The molecule has 3 aromatic rings. The van der Waals surface area contributed by atoms with E-state index in [1.54, 1.807) is 24.3 Å².